The summed E-state index contributed by atoms with van der Waals surface area (Å²) < 4.78 is 0. The highest BCUT2D eigenvalue weighted by Crippen LogP contribution is 2.25. The highest BCUT2D eigenvalue weighted by Gasteiger charge is 2.07. The molecular weight excluding hydrogens is 294 g/mol. The van der Waals surface area contributed by atoms with E-state index in [4.69, 9.17) is 11.6 Å². The topological polar surface area (TPSA) is 40.7 Å². The number of rotatable bonds is 5. The van der Waals surface area contributed by atoms with Crippen LogP contribution in [0.4, 0.5) is 0 Å². The van der Waals surface area contributed by atoms with Gasteiger partial charge in [0.2, 0.25) is 0 Å². The predicted molar refractivity (Wildman–Crippen MR) is 98.9 cm³/mol. The van der Waals surface area contributed by atoms with Crippen LogP contribution < -0.4 is 15.9 Å². The minimum atomic E-state index is 0.736. The van der Waals surface area contributed by atoms with Crippen molar-refractivity contribution in [1.29, 1.82) is 0 Å². The molecule has 0 aliphatic carbocycles. The second-order valence-electron chi connectivity index (χ2n) is 4.75. The average molecular weight is 322 g/mol. The molecule has 0 bridgehead atoms. The second-order valence-corrected chi connectivity index (χ2v) is 5.16. The van der Waals surface area contributed by atoms with Crippen molar-refractivity contribution in [2.45, 2.75) is 41.0 Å². The van der Waals surface area contributed by atoms with Crippen LogP contribution in [0.5, 0.6) is 0 Å². The molecule has 0 saturated heterocycles. The first-order valence-corrected chi connectivity index (χ1v) is 7.92. The fourth-order valence-corrected chi connectivity index (χ4v) is 2.15. The van der Waals surface area contributed by atoms with E-state index < -0.39 is 0 Å². The molecule has 1 aromatic rings. The van der Waals surface area contributed by atoms with Gasteiger partial charge in [-0.25, -0.2) is 0 Å². The maximum Gasteiger partial charge on any atom is 0.0647 e. The molecule has 0 aliphatic heterocycles. The van der Waals surface area contributed by atoms with E-state index in [2.05, 4.69) is 48.1 Å². The Morgan fingerprint density at radius 3 is 2.45 bits per heavy atom. The maximum atomic E-state index is 6.32. The first kappa shape index (κ1) is 20.3. The predicted octanol–water partition coefficient (Wildman–Crippen LogP) is 3.60. The number of hydrogen-bond acceptors (Lipinski definition) is 2. The first-order chi connectivity index (χ1) is 10.5. The number of nitrogens with one attached hydrogen (secondary N) is 2. The van der Waals surface area contributed by atoms with Gasteiger partial charge in [0, 0.05) is 18.5 Å². The van der Waals surface area contributed by atoms with Gasteiger partial charge < -0.3 is 5.32 Å². The molecule has 1 heterocycles. The van der Waals surface area contributed by atoms with E-state index >= 15 is 0 Å². The number of nitrogens with zero attached hydrogens (tertiary/aromatic N) is 1. The number of hydrogen-bond donors (Lipinski definition) is 2. The molecule has 0 unspecified atom stereocenters. The van der Waals surface area contributed by atoms with Crippen LogP contribution in [0.1, 0.15) is 41.0 Å². The van der Waals surface area contributed by atoms with Crippen molar-refractivity contribution in [1.82, 2.24) is 15.5 Å². The second kappa shape index (κ2) is 10.9. The maximum absolute atomic E-state index is 6.32. The van der Waals surface area contributed by atoms with Crippen molar-refractivity contribution in [2.24, 2.45) is 0 Å². The third kappa shape index (κ3) is 6.35. The summed E-state index contributed by atoms with van der Waals surface area (Å²) in [6.45, 7) is 14.1. The molecule has 22 heavy (non-hydrogen) atoms. The molecule has 0 radical (unpaired) electrons. The molecule has 1 rings (SSSR count). The largest absolute Gasteiger partial charge is 0.393 e. The van der Waals surface area contributed by atoms with Crippen molar-refractivity contribution in [3.05, 3.63) is 50.8 Å². The van der Waals surface area contributed by atoms with Crippen LogP contribution in [-0.2, 0) is 0 Å². The number of allylic oxidation sites excluding steroid dienone is 5. The minimum absolute atomic E-state index is 0.736. The normalized spacial score (nSPS) is 12.6. The Balaban J connectivity index is 0.00000211. The fourth-order valence-electron chi connectivity index (χ4n) is 1.79. The molecule has 3 nitrogen and oxygen atoms in total. The number of aromatic nitrogens is 2. The van der Waals surface area contributed by atoms with Crippen molar-refractivity contribution >= 4 is 24.3 Å². The summed E-state index contributed by atoms with van der Waals surface area (Å²) in [7, 11) is 1.84. The van der Waals surface area contributed by atoms with E-state index in [-0.39, 0.29) is 0 Å². The summed E-state index contributed by atoms with van der Waals surface area (Å²) in [5.74, 6) is 0. The lowest BCUT2D eigenvalue weighted by atomic mass is 10.0. The molecule has 0 atom stereocenters. The standard InChI is InChI=1S/C16H22ClN3.C2H6/c1-6-13(8-16-12(4)9-19-20-16)7-14(11(2)3)15(17)10-18-5;1-2/h6,8-10,18,20H,4,7H2,1-3,5H3;1-2H3/b13-6-,15-10+,16-8+;. The molecule has 122 valence electrons. The van der Waals surface area contributed by atoms with Crippen LogP contribution in [0.25, 0.3) is 12.7 Å². The molecule has 1 aromatic heterocycles. The van der Waals surface area contributed by atoms with Crippen LogP contribution in [0.3, 0.4) is 0 Å². The Morgan fingerprint density at radius 1 is 1.41 bits per heavy atom. The summed E-state index contributed by atoms with van der Waals surface area (Å²) in [5.41, 5.74) is 3.49. The number of aromatic amines is 1. The third-order valence-corrected chi connectivity index (χ3v) is 3.33. The van der Waals surface area contributed by atoms with Crippen molar-refractivity contribution in [2.75, 3.05) is 7.05 Å². The highest BCUT2D eigenvalue weighted by molar-refractivity contribution is 6.32. The van der Waals surface area contributed by atoms with E-state index in [1.54, 1.807) is 12.4 Å². The van der Waals surface area contributed by atoms with Crippen molar-refractivity contribution < 1.29 is 0 Å². The van der Waals surface area contributed by atoms with Crippen LogP contribution in [-0.4, -0.2) is 17.2 Å². The monoisotopic (exact) mass is 321 g/mol. The van der Waals surface area contributed by atoms with Crippen LogP contribution in [0.15, 0.2) is 40.2 Å². The zero-order chi connectivity index (χ0) is 17.1. The van der Waals surface area contributed by atoms with Gasteiger partial charge in [0.05, 0.1) is 16.6 Å². The zero-order valence-corrected chi connectivity index (χ0v) is 15.3. The quantitative estimate of drug-likeness (QED) is 0.814. The highest BCUT2D eigenvalue weighted by atomic mass is 35.5. The summed E-state index contributed by atoms with van der Waals surface area (Å²) in [6, 6.07) is 0. The van der Waals surface area contributed by atoms with E-state index in [9.17, 15) is 0 Å². The fraction of sp³-hybridized carbons (Fsp3) is 0.389. The van der Waals surface area contributed by atoms with Gasteiger partial charge in [-0.2, -0.15) is 5.10 Å². The molecule has 0 amide bonds. The van der Waals surface area contributed by atoms with E-state index in [0.29, 0.717) is 0 Å². The average Bonchev–Trinajstić information content (AvgIpc) is 2.90. The van der Waals surface area contributed by atoms with Gasteiger partial charge in [0.15, 0.2) is 0 Å². The summed E-state index contributed by atoms with van der Waals surface area (Å²) in [4.78, 5) is 0. The van der Waals surface area contributed by atoms with Crippen LogP contribution in [0.2, 0.25) is 0 Å². The zero-order valence-electron chi connectivity index (χ0n) is 14.5. The van der Waals surface area contributed by atoms with Gasteiger partial charge in [-0.05, 0) is 44.4 Å². The summed E-state index contributed by atoms with van der Waals surface area (Å²) in [5, 5.41) is 12.4. The van der Waals surface area contributed by atoms with Crippen LogP contribution >= 0.6 is 11.6 Å². The van der Waals surface area contributed by atoms with Crippen molar-refractivity contribution in [3.63, 3.8) is 0 Å². The Bertz CT molecular complexity index is 644. The molecule has 0 aliphatic rings. The van der Waals surface area contributed by atoms with E-state index in [1.807, 2.05) is 27.8 Å². The van der Waals surface area contributed by atoms with Gasteiger partial charge in [0.25, 0.3) is 0 Å². The van der Waals surface area contributed by atoms with Gasteiger partial charge in [-0.15, -0.1) is 0 Å². The summed E-state index contributed by atoms with van der Waals surface area (Å²) in [6.07, 6.45) is 8.43. The van der Waals surface area contributed by atoms with E-state index in [0.717, 1.165) is 33.2 Å². The molecule has 0 fully saturated rings. The van der Waals surface area contributed by atoms with Gasteiger partial charge in [-0.1, -0.05) is 43.7 Å². The Morgan fingerprint density at radius 2 is 2.05 bits per heavy atom. The lowest BCUT2D eigenvalue weighted by Crippen LogP contribution is -2.20. The van der Waals surface area contributed by atoms with Gasteiger partial charge in [0.1, 0.15) is 0 Å². The number of H-pyrrole nitrogens is 1. The molecule has 2 N–H and O–H groups in total. The lowest BCUT2D eigenvalue weighted by molar-refractivity contribution is 1.05. The minimum Gasteiger partial charge on any atom is -0.393 e. The van der Waals surface area contributed by atoms with Gasteiger partial charge >= 0.3 is 0 Å². The molecule has 4 heteroatoms. The lowest BCUT2D eigenvalue weighted by Gasteiger charge is -2.10. The first-order valence-electron chi connectivity index (χ1n) is 7.54. The number of halogens is 1. The van der Waals surface area contributed by atoms with E-state index in [1.165, 1.54) is 5.57 Å². The smallest absolute Gasteiger partial charge is 0.0647 e. The van der Waals surface area contributed by atoms with Gasteiger partial charge in [-0.3, -0.25) is 5.10 Å². The SMILES string of the molecule is C=c1cn[nH]/c1=C/C(=C\C)CC(=C(C)C)/C(Cl)=C\NC.CC. The Hall–Kier alpha value is -1.74. The Labute approximate surface area is 139 Å². The molecule has 0 aromatic carbocycles. The molecule has 0 saturated carbocycles. The van der Waals surface area contributed by atoms with Crippen LogP contribution in [0, 0.1) is 0 Å². The third-order valence-electron chi connectivity index (χ3n) is 3.00. The Kier molecular flexibility index (Phi) is 10.0. The molecule has 0 spiro atoms. The molecular formula is C18H28ClN3. The summed E-state index contributed by atoms with van der Waals surface area (Å²) >= 11 is 6.32. The van der Waals surface area contributed by atoms with Crippen molar-refractivity contribution in [3.8, 4) is 0 Å².